The van der Waals surface area contributed by atoms with Gasteiger partial charge >= 0.3 is 41.2 Å². The van der Waals surface area contributed by atoms with Gasteiger partial charge in [0.05, 0.1) is 0 Å². The van der Waals surface area contributed by atoms with Crippen molar-refractivity contribution >= 4 is 66.1 Å². The fourth-order valence-electron chi connectivity index (χ4n) is 4.78. The summed E-state index contributed by atoms with van der Waals surface area (Å²) in [5, 5.41) is 0. The highest BCUT2D eigenvalue weighted by atomic mass is 28.5. The van der Waals surface area contributed by atoms with Crippen LogP contribution in [0.5, 0.6) is 0 Å². The van der Waals surface area contributed by atoms with Crippen LogP contribution in [0.1, 0.15) is 1.43 Å². The highest BCUT2D eigenvalue weighted by Crippen LogP contribution is 2.35. The van der Waals surface area contributed by atoms with Gasteiger partial charge in [-0.15, -0.1) is 0 Å². The first-order chi connectivity index (χ1) is 20.7. The van der Waals surface area contributed by atoms with Crippen molar-refractivity contribution in [3.63, 3.8) is 0 Å². The van der Waals surface area contributed by atoms with Crippen LogP contribution in [0.3, 0.4) is 0 Å². The van der Waals surface area contributed by atoms with Gasteiger partial charge in [0, 0.05) is 89.2 Å². The van der Waals surface area contributed by atoms with Crippen molar-refractivity contribution in [2.45, 2.75) is 69.1 Å². The number of ether oxygens (including phenoxy) is 1. The second-order valence-corrected chi connectivity index (χ2v) is 38.0. The van der Waals surface area contributed by atoms with Crippen molar-refractivity contribution in [1.29, 1.82) is 0 Å². The molecule has 270 valence electrons. The lowest BCUT2D eigenvalue weighted by Gasteiger charge is -2.45. The molecule has 0 spiro atoms. The molecule has 0 N–H and O–H groups in total. The summed E-state index contributed by atoms with van der Waals surface area (Å²) in [4.78, 5) is 12.5. The summed E-state index contributed by atoms with van der Waals surface area (Å²) < 4.78 is 78.4. The molecule has 0 heterocycles. The first-order valence-corrected chi connectivity index (χ1v) is 31.7. The van der Waals surface area contributed by atoms with E-state index >= 15 is 0 Å². The number of esters is 1. The molecule has 0 aromatic heterocycles. The minimum atomic E-state index is -3.84. The van der Waals surface area contributed by atoms with Gasteiger partial charge in [-0.2, -0.15) is 0 Å². The standard InChI is InChI=1S/C24H60O14Si7.H2/c1-17-24(25)35-22-44(38-41(15,16)23-45(32-8,33-9)34-10,36-39(11,12)18-20-42(26-2,27-3)28-4)37-40(13,14)19-21-43(29-5,30-6)31-7;/h17H,1,18-23H2,2-16H3;1H. The van der Waals surface area contributed by atoms with Crippen molar-refractivity contribution in [2.24, 2.45) is 0 Å². The van der Waals surface area contributed by atoms with Gasteiger partial charge in [0.15, 0.2) is 31.2 Å². The maximum Gasteiger partial charge on any atom is 0.509 e. The molecule has 0 aliphatic carbocycles. The molecule has 0 rings (SSSR count). The third-order valence-corrected chi connectivity index (χ3v) is 34.6. The molecule has 0 saturated heterocycles. The molecule has 0 aromatic rings. The highest BCUT2D eigenvalue weighted by Gasteiger charge is 2.57. The van der Waals surface area contributed by atoms with Crippen LogP contribution in [0.4, 0.5) is 0 Å². The second-order valence-electron chi connectivity index (χ2n) is 12.1. The number of hydrogen-bond donors (Lipinski definition) is 0. The quantitative estimate of drug-likeness (QED) is 0.0703. The Balaban J connectivity index is 0. The van der Waals surface area contributed by atoms with Gasteiger partial charge in [-0.1, -0.05) is 6.58 Å². The monoisotopic (exact) mass is 770 g/mol. The fourth-order valence-corrected chi connectivity index (χ4v) is 35.2. The molecule has 0 aliphatic rings. The van der Waals surface area contributed by atoms with Crippen molar-refractivity contribution in [3.8, 4) is 0 Å². The summed E-state index contributed by atoms with van der Waals surface area (Å²) in [6.07, 6.45) is 0.905. The predicted octanol–water partition coefficient (Wildman–Crippen LogP) is 4.28. The van der Waals surface area contributed by atoms with E-state index in [1.165, 1.54) is 0 Å². The molecule has 21 heteroatoms. The number of rotatable bonds is 26. The van der Waals surface area contributed by atoms with E-state index in [0.717, 1.165) is 6.08 Å². The normalized spacial score (nSPS) is 14.1. The van der Waals surface area contributed by atoms with E-state index in [1.807, 2.05) is 13.1 Å². The number of carbonyl (C=O) groups is 1. The molecule has 0 saturated carbocycles. The van der Waals surface area contributed by atoms with E-state index in [1.54, 1.807) is 64.0 Å². The van der Waals surface area contributed by atoms with E-state index in [0.29, 0.717) is 29.8 Å². The minimum absolute atomic E-state index is 0. The number of carbonyl (C=O) groups excluding carboxylic acids is 1. The largest absolute Gasteiger partial charge is 0.509 e. The molecule has 14 nitrogen and oxygen atoms in total. The van der Waals surface area contributed by atoms with Crippen LogP contribution in [0.2, 0.25) is 69.1 Å². The Morgan fingerprint density at radius 2 is 0.822 bits per heavy atom. The summed E-state index contributed by atoms with van der Waals surface area (Å²) in [5.74, 6) is -0.607. The Morgan fingerprint density at radius 1 is 0.511 bits per heavy atom. The van der Waals surface area contributed by atoms with Crippen LogP contribution in [0.25, 0.3) is 0 Å². The zero-order chi connectivity index (χ0) is 35.2. The van der Waals surface area contributed by atoms with Crippen molar-refractivity contribution < 1.29 is 63.1 Å². The molecule has 0 bridgehead atoms. The Kier molecular flexibility index (Phi) is 19.5. The van der Waals surface area contributed by atoms with Crippen molar-refractivity contribution in [3.05, 3.63) is 12.7 Å². The summed E-state index contributed by atoms with van der Waals surface area (Å²) in [6.45, 7) is 15.9. The zero-order valence-corrected chi connectivity index (χ0v) is 37.2. The van der Waals surface area contributed by atoms with Gasteiger partial charge in [-0.25, -0.2) is 4.79 Å². The molecule has 0 aliphatic heterocycles. The van der Waals surface area contributed by atoms with Gasteiger partial charge in [0.2, 0.25) is 0 Å². The predicted molar refractivity (Wildman–Crippen MR) is 189 cm³/mol. The average Bonchev–Trinajstić information content (AvgIpc) is 3.00. The van der Waals surface area contributed by atoms with Crippen LogP contribution < -0.4 is 0 Å². The van der Waals surface area contributed by atoms with Crippen LogP contribution in [-0.2, 0) is 61.7 Å². The summed E-state index contributed by atoms with van der Waals surface area (Å²) >= 11 is 0. The van der Waals surface area contributed by atoms with Crippen LogP contribution in [0.15, 0.2) is 12.7 Å². The van der Waals surface area contributed by atoms with Gasteiger partial charge in [0.1, 0.15) is 0 Å². The van der Waals surface area contributed by atoms with Gasteiger partial charge in [-0.3, -0.25) is 0 Å². The average molecular weight is 771 g/mol. The molecule has 45 heavy (non-hydrogen) atoms. The smallest absolute Gasteiger partial charge is 0.458 e. The van der Waals surface area contributed by atoms with Crippen LogP contribution >= 0.6 is 0 Å². The van der Waals surface area contributed by atoms with Crippen LogP contribution in [-0.4, -0.2) is 136 Å². The number of hydrogen-bond acceptors (Lipinski definition) is 14. The molecule has 0 atom stereocenters. The summed E-state index contributed by atoms with van der Waals surface area (Å²) in [7, 11) is -6.64. The second kappa shape index (κ2) is 19.4. The first-order valence-electron chi connectivity index (χ1n) is 14.6. The maximum atomic E-state index is 12.5. The van der Waals surface area contributed by atoms with Crippen molar-refractivity contribution in [2.75, 3.05) is 70.2 Å². The van der Waals surface area contributed by atoms with Crippen molar-refractivity contribution in [1.82, 2.24) is 0 Å². The SMILES string of the molecule is C=CC(=O)OC[Si](O[Si](C)(C)CC[Si](OC)(OC)OC)(O[Si](C)(C)CC[Si](OC)(OC)OC)O[Si](C)(C)C[Si](OC)(OC)OC.[HH]. The lowest BCUT2D eigenvalue weighted by Crippen LogP contribution is -2.66. The Bertz CT molecular complexity index is 828. The van der Waals surface area contributed by atoms with E-state index in [2.05, 4.69) is 32.8 Å². The molecule has 0 unspecified atom stereocenters. The third-order valence-electron chi connectivity index (χ3n) is 7.36. The lowest BCUT2D eigenvalue weighted by atomic mass is 10.7. The zero-order valence-electron chi connectivity index (χ0n) is 30.2. The lowest BCUT2D eigenvalue weighted by molar-refractivity contribution is -0.137. The Morgan fingerprint density at radius 3 is 1.11 bits per heavy atom. The Hall–Kier alpha value is 0.248. The van der Waals surface area contributed by atoms with Gasteiger partial charge in [-0.05, 0) is 51.4 Å². The first kappa shape index (κ1) is 45.2. The topological polar surface area (TPSA) is 137 Å². The molecule has 0 radical (unpaired) electrons. The molecular weight excluding hydrogens is 709 g/mol. The Labute approximate surface area is 280 Å². The van der Waals surface area contributed by atoms with E-state index in [-0.39, 0.29) is 7.66 Å². The van der Waals surface area contributed by atoms with Gasteiger partial charge < -0.3 is 56.9 Å². The third kappa shape index (κ3) is 14.7. The maximum absolute atomic E-state index is 12.5. The van der Waals surface area contributed by atoms with Gasteiger partial charge in [0.25, 0.3) is 0 Å². The van der Waals surface area contributed by atoms with E-state index in [4.69, 9.17) is 56.9 Å². The highest BCUT2D eigenvalue weighted by molar-refractivity contribution is 6.94. The van der Waals surface area contributed by atoms with E-state index < -0.39 is 66.1 Å². The van der Waals surface area contributed by atoms with Crippen LogP contribution in [0, 0.1) is 0 Å². The van der Waals surface area contributed by atoms with E-state index in [9.17, 15) is 4.79 Å². The summed E-state index contributed by atoms with van der Waals surface area (Å²) in [6, 6.07) is 2.25. The minimum Gasteiger partial charge on any atom is -0.458 e. The molecule has 0 fully saturated rings. The summed E-state index contributed by atoms with van der Waals surface area (Å²) in [5.41, 5.74) is 0.407. The molecular formula is C24H62O14Si7. The molecule has 0 aromatic carbocycles. The molecule has 0 amide bonds. The fraction of sp³-hybridized carbons (Fsp3) is 0.875.